The highest BCUT2D eigenvalue weighted by Crippen LogP contribution is 2.30. The first-order valence-electron chi connectivity index (χ1n) is 5.67. The van der Waals surface area contributed by atoms with Crippen LogP contribution in [0.25, 0.3) is 10.1 Å². The highest BCUT2D eigenvalue weighted by molar-refractivity contribution is 7.17. The van der Waals surface area contributed by atoms with Gasteiger partial charge in [0, 0.05) is 10.7 Å². The van der Waals surface area contributed by atoms with Crippen LogP contribution in [0.3, 0.4) is 0 Å². The van der Waals surface area contributed by atoms with E-state index in [9.17, 15) is 0 Å². The minimum Gasteiger partial charge on any atom is -0.310 e. The van der Waals surface area contributed by atoms with Crippen LogP contribution in [-0.4, -0.2) is 6.54 Å². The maximum atomic E-state index is 3.84. The lowest BCUT2D eigenvalue weighted by Gasteiger charge is -2.17. The highest BCUT2D eigenvalue weighted by Gasteiger charge is 2.12. The fourth-order valence-corrected chi connectivity index (χ4v) is 2.99. The molecule has 0 aliphatic rings. The first-order valence-corrected chi connectivity index (χ1v) is 6.55. The van der Waals surface area contributed by atoms with E-state index in [4.69, 9.17) is 0 Å². The van der Waals surface area contributed by atoms with E-state index in [1.807, 2.05) is 17.4 Å². The van der Waals surface area contributed by atoms with Crippen molar-refractivity contribution in [1.82, 2.24) is 5.32 Å². The molecule has 0 aliphatic heterocycles. The van der Waals surface area contributed by atoms with Gasteiger partial charge in [0.1, 0.15) is 0 Å². The molecule has 2 aromatic rings. The molecule has 1 atom stereocenters. The topological polar surface area (TPSA) is 12.0 Å². The Hall–Kier alpha value is -1.12. The zero-order chi connectivity index (χ0) is 11.4. The van der Waals surface area contributed by atoms with Gasteiger partial charge >= 0.3 is 0 Å². The van der Waals surface area contributed by atoms with Gasteiger partial charge in [0.15, 0.2) is 0 Å². The fourth-order valence-electron chi connectivity index (χ4n) is 2.02. The monoisotopic (exact) mass is 231 g/mol. The zero-order valence-corrected chi connectivity index (χ0v) is 10.4. The van der Waals surface area contributed by atoms with Crippen molar-refractivity contribution in [2.75, 3.05) is 6.54 Å². The van der Waals surface area contributed by atoms with Crippen LogP contribution in [0.15, 0.2) is 42.3 Å². The minimum atomic E-state index is 0.393. The smallest absolute Gasteiger partial charge is 0.0390 e. The molecule has 0 bridgehead atoms. The summed E-state index contributed by atoms with van der Waals surface area (Å²) in [5.74, 6) is 0. The first kappa shape index (κ1) is 11.4. The van der Waals surface area contributed by atoms with Gasteiger partial charge in [-0.3, -0.25) is 0 Å². The lowest BCUT2D eigenvalue weighted by molar-refractivity contribution is 0.563. The number of nitrogens with one attached hydrogen (secondary N) is 1. The molecule has 0 radical (unpaired) electrons. The SMILES string of the molecule is C=CCC(NCC)c1cccc2ccsc12. The molecule has 2 heteroatoms. The van der Waals surface area contributed by atoms with Crippen LogP contribution in [0.4, 0.5) is 0 Å². The maximum absolute atomic E-state index is 3.84. The van der Waals surface area contributed by atoms with E-state index < -0.39 is 0 Å². The Labute approximate surface area is 101 Å². The van der Waals surface area contributed by atoms with Gasteiger partial charge in [0.2, 0.25) is 0 Å². The van der Waals surface area contributed by atoms with Crippen LogP contribution in [0.1, 0.15) is 24.9 Å². The number of hydrogen-bond donors (Lipinski definition) is 1. The molecule has 1 aromatic carbocycles. The fraction of sp³-hybridized carbons (Fsp3) is 0.286. The number of fused-ring (bicyclic) bond motifs is 1. The summed E-state index contributed by atoms with van der Waals surface area (Å²) in [5, 5.41) is 7.02. The summed E-state index contributed by atoms with van der Waals surface area (Å²) in [6.45, 7) is 6.97. The second-order valence-corrected chi connectivity index (χ2v) is 4.74. The van der Waals surface area contributed by atoms with Crippen molar-refractivity contribution in [2.24, 2.45) is 0 Å². The van der Waals surface area contributed by atoms with Crippen molar-refractivity contribution in [3.63, 3.8) is 0 Å². The number of rotatable bonds is 5. The molecule has 1 aromatic heterocycles. The second kappa shape index (κ2) is 5.28. The van der Waals surface area contributed by atoms with Crippen LogP contribution in [0.2, 0.25) is 0 Å². The lowest BCUT2D eigenvalue weighted by atomic mass is 10.0. The van der Waals surface area contributed by atoms with Crippen LogP contribution in [-0.2, 0) is 0 Å². The van der Waals surface area contributed by atoms with Gasteiger partial charge in [-0.25, -0.2) is 0 Å². The second-order valence-electron chi connectivity index (χ2n) is 3.82. The molecule has 0 saturated heterocycles. The maximum Gasteiger partial charge on any atom is 0.0390 e. The molecule has 0 aliphatic carbocycles. The van der Waals surface area contributed by atoms with Crippen LogP contribution >= 0.6 is 11.3 Å². The quantitative estimate of drug-likeness (QED) is 0.763. The Bertz CT molecular complexity index is 472. The van der Waals surface area contributed by atoms with Gasteiger partial charge in [-0.05, 0) is 35.4 Å². The molecule has 0 saturated carbocycles. The van der Waals surface area contributed by atoms with Gasteiger partial charge in [0.25, 0.3) is 0 Å². The molecule has 0 amide bonds. The van der Waals surface area contributed by atoms with E-state index >= 15 is 0 Å². The molecule has 0 spiro atoms. The van der Waals surface area contributed by atoms with Crippen LogP contribution in [0, 0.1) is 0 Å². The van der Waals surface area contributed by atoms with E-state index in [-0.39, 0.29) is 0 Å². The third-order valence-corrected chi connectivity index (χ3v) is 3.72. The average Bonchev–Trinajstić information content (AvgIpc) is 2.76. The third-order valence-electron chi connectivity index (χ3n) is 2.74. The number of benzene rings is 1. The van der Waals surface area contributed by atoms with E-state index in [1.54, 1.807) is 0 Å². The van der Waals surface area contributed by atoms with Crippen molar-refractivity contribution in [3.05, 3.63) is 47.9 Å². The zero-order valence-electron chi connectivity index (χ0n) is 9.57. The molecule has 16 heavy (non-hydrogen) atoms. The molecule has 84 valence electrons. The summed E-state index contributed by atoms with van der Waals surface area (Å²) in [5.41, 5.74) is 1.40. The van der Waals surface area contributed by atoms with Gasteiger partial charge in [-0.15, -0.1) is 17.9 Å². The first-order chi connectivity index (χ1) is 7.86. The van der Waals surface area contributed by atoms with Gasteiger partial charge in [-0.1, -0.05) is 31.2 Å². The number of hydrogen-bond acceptors (Lipinski definition) is 2. The molecule has 1 heterocycles. The van der Waals surface area contributed by atoms with Crippen molar-refractivity contribution >= 4 is 21.4 Å². The lowest BCUT2D eigenvalue weighted by Crippen LogP contribution is -2.20. The van der Waals surface area contributed by atoms with E-state index in [0.717, 1.165) is 13.0 Å². The molecular weight excluding hydrogens is 214 g/mol. The van der Waals surface area contributed by atoms with Gasteiger partial charge in [0.05, 0.1) is 0 Å². The normalized spacial score (nSPS) is 12.8. The van der Waals surface area contributed by atoms with E-state index in [0.29, 0.717) is 6.04 Å². The summed E-state index contributed by atoms with van der Waals surface area (Å²) in [7, 11) is 0. The Kier molecular flexibility index (Phi) is 3.75. The van der Waals surface area contributed by atoms with Crippen LogP contribution < -0.4 is 5.32 Å². The Morgan fingerprint density at radius 1 is 1.44 bits per heavy atom. The predicted molar refractivity (Wildman–Crippen MR) is 73.1 cm³/mol. The van der Waals surface area contributed by atoms with Crippen molar-refractivity contribution in [3.8, 4) is 0 Å². The Balaban J connectivity index is 2.42. The number of thiophene rings is 1. The van der Waals surface area contributed by atoms with Crippen LogP contribution in [0.5, 0.6) is 0 Å². The molecule has 1 nitrogen and oxygen atoms in total. The molecule has 0 fully saturated rings. The summed E-state index contributed by atoms with van der Waals surface area (Å²) in [6, 6.07) is 9.10. The highest BCUT2D eigenvalue weighted by atomic mass is 32.1. The van der Waals surface area contributed by atoms with E-state index in [1.165, 1.54) is 15.6 Å². The van der Waals surface area contributed by atoms with E-state index in [2.05, 4.69) is 48.5 Å². The minimum absolute atomic E-state index is 0.393. The third kappa shape index (κ3) is 2.18. The Morgan fingerprint density at radius 2 is 2.31 bits per heavy atom. The standard InChI is InChI=1S/C14H17NS/c1-3-6-13(15-4-2)12-8-5-7-11-9-10-16-14(11)12/h3,5,7-10,13,15H,1,4,6H2,2H3. The van der Waals surface area contributed by atoms with Crippen molar-refractivity contribution in [1.29, 1.82) is 0 Å². The summed E-state index contributed by atoms with van der Waals surface area (Å²) in [4.78, 5) is 0. The molecule has 1 unspecified atom stereocenters. The summed E-state index contributed by atoms with van der Waals surface area (Å²) in [6.07, 6.45) is 2.96. The Morgan fingerprint density at radius 3 is 3.06 bits per heavy atom. The largest absolute Gasteiger partial charge is 0.310 e. The molecule has 2 rings (SSSR count). The summed E-state index contributed by atoms with van der Waals surface area (Å²) >= 11 is 1.82. The van der Waals surface area contributed by atoms with Crippen molar-refractivity contribution < 1.29 is 0 Å². The molecular formula is C14H17NS. The average molecular weight is 231 g/mol. The van der Waals surface area contributed by atoms with Crippen molar-refractivity contribution in [2.45, 2.75) is 19.4 Å². The summed E-state index contributed by atoms with van der Waals surface area (Å²) < 4.78 is 1.40. The molecule has 1 N–H and O–H groups in total. The van der Waals surface area contributed by atoms with Gasteiger partial charge < -0.3 is 5.32 Å². The van der Waals surface area contributed by atoms with Gasteiger partial charge in [-0.2, -0.15) is 0 Å². The predicted octanol–water partition coefficient (Wildman–Crippen LogP) is 4.13.